The van der Waals surface area contributed by atoms with Crippen LogP contribution < -0.4 is 10.6 Å². The Kier molecular flexibility index (Phi) is 5.98. The lowest BCUT2D eigenvalue weighted by molar-refractivity contribution is -0.120. The zero-order valence-electron chi connectivity index (χ0n) is 12.4. The summed E-state index contributed by atoms with van der Waals surface area (Å²) in [5.74, 6) is -0.0249. The van der Waals surface area contributed by atoms with Crippen LogP contribution in [-0.4, -0.2) is 42.5 Å². The van der Waals surface area contributed by atoms with E-state index < -0.39 is 0 Å². The molecule has 1 unspecified atom stereocenters. The molecular weight excluding hydrogens is 244 g/mol. The number of aryl methyl sites for hydroxylation is 2. The Bertz CT molecular complexity index is 429. The smallest absolute Gasteiger partial charge is 0.234 e. The van der Waals surface area contributed by atoms with Crippen molar-refractivity contribution in [2.45, 2.75) is 26.8 Å². The van der Waals surface area contributed by atoms with Gasteiger partial charge in [-0.25, -0.2) is 0 Å². The summed E-state index contributed by atoms with van der Waals surface area (Å²) in [4.78, 5) is 11.6. The summed E-state index contributed by atoms with van der Waals surface area (Å²) in [6, 6.07) is 0.0990. The van der Waals surface area contributed by atoms with Gasteiger partial charge in [0, 0.05) is 38.0 Å². The molecule has 0 aliphatic carbocycles. The van der Waals surface area contributed by atoms with E-state index in [9.17, 15) is 4.79 Å². The molecule has 108 valence electrons. The van der Waals surface area contributed by atoms with E-state index in [0.717, 1.165) is 17.0 Å². The van der Waals surface area contributed by atoms with Crippen molar-refractivity contribution in [1.82, 2.24) is 20.4 Å². The summed E-state index contributed by atoms with van der Waals surface area (Å²) in [6.07, 6.45) is 0. The maximum Gasteiger partial charge on any atom is 0.234 e. The summed E-state index contributed by atoms with van der Waals surface area (Å²) in [5.41, 5.74) is 3.28. The van der Waals surface area contributed by atoms with E-state index in [2.05, 4.69) is 15.7 Å². The minimum Gasteiger partial charge on any atom is -0.383 e. The normalized spacial score (nSPS) is 12.5. The van der Waals surface area contributed by atoms with E-state index in [1.807, 2.05) is 32.5 Å². The minimum absolute atomic E-state index is 0.0249. The van der Waals surface area contributed by atoms with Crippen molar-refractivity contribution in [3.63, 3.8) is 0 Å². The summed E-state index contributed by atoms with van der Waals surface area (Å²) in [7, 11) is 3.54. The van der Waals surface area contributed by atoms with Gasteiger partial charge in [0.05, 0.1) is 18.8 Å². The monoisotopic (exact) mass is 268 g/mol. The molecule has 0 bridgehead atoms. The van der Waals surface area contributed by atoms with Crippen LogP contribution in [0, 0.1) is 13.8 Å². The van der Waals surface area contributed by atoms with Gasteiger partial charge in [-0.3, -0.25) is 9.48 Å². The number of methoxy groups -OCH3 is 1. The molecule has 19 heavy (non-hydrogen) atoms. The third-order valence-electron chi connectivity index (χ3n) is 3.20. The Hall–Kier alpha value is -1.40. The molecule has 0 aliphatic heterocycles. The lowest BCUT2D eigenvalue weighted by atomic mass is 10.1. The van der Waals surface area contributed by atoms with Crippen molar-refractivity contribution in [2.24, 2.45) is 7.05 Å². The van der Waals surface area contributed by atoms with Gasteiger partial charge in [0.2, 0.25) is 5.91 Å². The highest BCUT2D eigenvalue weighted by molar-refractivity contribution is 5.78. The highest BCUT2D eigenvalue weighted by atomic mass is 16.5. The summed E-state index contributed by atoms with van der Waals surface area (Å²) >= 11 is 0. The maximum atomic E-state index is 11.6. The van der Waals surface area contributed by atoms with E-state index in [-0.39, 0.29) is 11.9 Å². The van der Waals surface area contributed by atoms with E-state index in [0.29, 0.717) is 19.7 Å². The molecule has 1 aromatic rings. The molecule has 1 atom stereocenters. The number of carbonyl (C=O) groups is 1. The molecule has 0 aromatic carbocycles. The molecule has 0 saturated heterocycles. The average Bonchev–Trinajstić information content (AvgIpc) is 2.61. The first kappa shape index (κ1) is 15.7. The predicted molar refractivity (Wildman–Crippen MR) is 74.0 cm³/mol. The molecule has 0 saturated carbocycles. The first-order valence-electron chi connectivity index (χ1n) is 6.46. The highest BCUT2D eigenvalue weighted by Crippen LogP contribution is 2.20. The van der Waals surface area contributed by atoms with Gasteiger partial charge >= 0.3 is 0 Å². The SMILES string of the molecule is COCCNC(=O)CNC(C)c1c(C)nn(C)c1C. The second kappa shape index (κ2) is 7.25. The van der Waals surface area contributed by atoms with Crippen molar-refractivity contribution >= 4 is 5.91 Å². The Balaban J connectivity index is 2.47. The lowest BCUT2D eigenvalue weighted by Gasteiger charge is -2.14. The van der Waals surface area contributed by atoms with Gasteiger partial charge < -0.3 is 15.4 Å². The Morgan fingerprint density at radius 2 is 2.16 bits per heavy atom. The topological polar surface area (TPSA) is 68.2 Å². The summed E-state index contributed by atoms with van der Waals surface area (Å²) < 4.78 is 6.74. The van der Waals surface area contributed by atoms with E-state index in [1.165, 1.54) is 0 Å². The van der Waals surface area contributed by atoms with Crippen LogP contribution in [0.2, 0.25) is 0 Å². The van der Waals surface area contributed by atoms with Crippen molar-refractivity contribution in [3.05, 3.63) is 17.0 Å². The van der Waals surface area contributed by atoms with Crippen LogP contribution in [0.3, 0.4) is 0 Å². The fourth-order valence-corrected chi connectivity index (χ4v) is 2.12. The molecule has 0 spiro atoms. The van der Waals surface area contributed by atoms with Gasteiger partial charge in [-0.2, -0.15) is 5.10 Å². The van der Waals surface area contributed by atoms with E-state index in [1.54, 1.807) is 7.11 Å². The zero-order valence-corrected chi connectivity index (χ0v) is 12.4. The highest BCUT2D eigenvalue weighted by Gasteiger charge is 2.16. The van der Waals surface area contributed by atoms with Crippen LogP contribution in [0.15, 0.2) is 0 Å². The molecule has 1 amide bonds. The van der Waals surface area contributed by atoms with Gasteiger partial charge in [0.25, 0.3) is 0 Å². The average molecular weight is 268 g/mol. The molecule has 0 fully saturated rings. The van der Waals surface area contributed by atoms with Crippen LogP contribution in [-0.2, 0) is 16.6 Å². The number of carbonyl (C=O) groups excluding carboxylic acids is 1. The molecule has 2 N–H and O–H groups in total. The molecule has 1 aromatic heterocycles. The van der Waals surface area contributed by atoms with Crippen LogP contribution in [0.5, 0.6) is 0 Å². The number of amides is 1. The standard InChI is InChI=1S/C13H24N4O2/c1-9(13-10(2)16-17(4)11(13)3)15-8-12(18)14-6-7-19-5/h9,15H,6-8H2,1-5H3,(H,14,18). The van der Waals surface area contributed by atoms with E-state index in [4.69, 9.17) is 4.74 Å². The predicted octanol–water partition coefficient (Wildman–Crippen LogP) is 0.450. The molecular formula is C13H24N4O2. The second-order valence-corrected chi connectivity index (χ2v) is 4.65. The third-order valence-corrected chi connectivity index (χ3v) is 3.20. The maximum absolute atomic E-state index is 11.6. The lowest BCUT2D eigenvalue weighted by Crippen LogP contribution is -2.36. The second-order valence-electron chi connectivity index (χ2n) is 4.65. The molecule has 6 heteroatoms. The van der Waals surface area contributed by atoms with Gasteiger partial charge in [-0.15, -0.1) is 0 Å². The van der Waals surface area contributed by atoms with Crippen LogP contribution in [0.4, 0.5) is 0 Å². The quantitative estimate of drug-likeness (QED) is 0.705. The largest absolute Gasteiger partial charge is 0.383 e. The van der Waals surface area contributed by atoms with Gasteiger partial charge in [-0.1, -0.05) is 0 Å². The number of ether oxygens (including phenoxy) is 1. The van der Waals surface area contributed by atoms with Crippen molar-refractivity contribution in [2.75, 3.05) is 26.8 Å². The Labute approximate surface area is 114 Å². The summed E-state index contributed by atoms with van der Waals surface area (Å²) in [6.45, 7) is 7.42. The number of nitrogens with zero attached hydrogens (tertiary/aromatic N) is 2. The van der Waals surface area contributed by atoms with Crippen molar-refractivity contribution in [3.8, 4) is 0 Å². The Morgan fingerprint density at radius 1 is 1.47 bits per heavy atom. The van der Waals surface area contributed by atoms with Crippen molar-refractivity contribution < 1.29 is 9.53 Å². The van der Waals surface area contributed by atoms with Gasteiger partial charge in [0.1, 0.15) is 0 Å². The molecule has 0 aliphatic rings. The fraction of sp³-hybridized carbons (Fsp3) is 0.692. The van der Waals surface area contributed by atoms with Gasteiger partial charge in [-0.05, 0) is 20.8 Å². The number of aromatic nitrogens is 2. The van der Waals surface area contributed by atoms with E-state index >= 15 is 0 Å². The third kappa shape index (κ3) is 4.33. The van der Waals surface area contributed by atoms with Crippen LogP contribution in [0.25, 0.3) is 0 Å². The first-order valence-corrected chi connectivity index (χ1v) is 6.46. The van der Waals surface area contributed by atoms with Gasteiger partial charge in [0.15, 0.2) is 0 Å². The van der Waals surface area contributed by atoms with Crippen LogP contribution >= 0.6 is 0 Å². The first-order chi connectivity index (χ1) is 8.97. The Morgan fingerprint density at radius 3 is 2.68 bits per heavy atom. The molecule has 0 radical (unpaired) electrons. The minimum atomic E-state index is -0.0249. The van der Waals surface area contributed by atoms with Crippen LogP contribution in [0.1, 0.15) is 29.9 Å². The number of hydrogen-bond acceptors (Lipinski definition) is 4. The number of rotatable bonds is 7. The van der Waals surface area contributed by atoms with Crippen molar-refractivity contribution in [1.29, 1.82) is 0 Å². The summed E-state index contributed by atoms with van der Waals surface area (Å²) in [5, 5.41) is 10.4. The molecule has 1 heterocycles. The molecule has 6 nitrogen and oxygen atoms in total. The molecule has 1 rings (SSSR count). The fourth-order valence-electron chi connectivity index (χ4n) is 2.12. The number of hydrogen-bond donors (Lipinski definition) is 2. The zero-order chi connectivity index (χ0) is 14.4. The number of nitrogens with one attached hydrogen (secondary N) is 2.